The molecule has 6 heteroatoms. The van der Waals surface area contributed by atoms with E-state index in [4.69, 9.17) is 4.65 Å². The fourth-order valence-electron chi connectivity index (χ4n) is 1.12. The standard InChI is InChI=1S/C11H19BN2O3/c1-8-6-9(7-13-14-8)12(16)17-11(4,5)10(2,3)15/h6-7,15-16H,1-5H3. The number of aromatic nitrogens is 2. The van der Waals surface area contributed by atoms with Crippen molar-refractivity contribution < 1.29 is 14.8 Å². The van der Waals surface area contributed by atoms with Gasteiger partial charge in [-0.05, 0) is 40.7 Å². The maximum Gasteiger partial charge on any atom is 0.493 e. The third kappa shape index (κ3) is 3.49. The minimum Gasteiger partial charge on any atom is -0.423 e. The van der Waals surface area contributed by atoms with Gasteiger partial charge in [-0.25, -0.2) is 0 Å². The fraction of sp³-hybridized carbons (Fsp3) is 0.636. The Hall–Kier alpha value is -0.975. The van der Waals surface area contributed by atoms with Crippen LogP contribution in [0.15, 0.2) is 12.3 Å². The number of nitrogens with zero attached hydrogens (tertiary/aromatic N) is 2. The summed E-state index contributed by atoms with van der Waals surface area (Å²) >= 11 is 0. The van der Waals surface area contributed by atoms with E-state index < -0.39 is 18.3 Å². The molecule has 1 heterocycles. The molecule has 1 rings (SSSR count). The number of hydrogen-bond donors (Lipinski definition) is 2. The van der Waals surface area contributed by atoms with Crippen LogP contribution in [0.5, 0.6) is 0 Å². The van der Waals surface area contributed by atoms with Crippen molar-refractivity contribution in [1.29, 1.82) is 0 Å². The van der Waals surface area contributed by atoms with E-state index in [-0.39, 0.29) is 0 Å². The molecule has 0 amide bonds. The quantitative estimate of drug-likeness (QED) is 0.724. The lowest BCUT2D eigenvalue weighted by atomic mass is 9.77. The summed E-state index contributed by atoms with van der Waals surface area (Å²) in [5.74, 6) is 0. The molecule has 0 aliphatic rings. The van der Waals surface area contributed by atoms with E-state index in [9.17, 15) is 10.1 Å². The van der Waals surface area contributed by atoms with E-state index >= 15 is 0 Å². The third-order valence-electron chi connectivity index (χ3n) is 2.96. The van der Waals surface area contributed by atoms with Gasteiger partial charge in [0.2, 0.25) is 0 Å². The molecule has 0 aromatic carbocycles. The number of rotatable bonds is 4. The van der Waals surface area contributed by atoms with E-state index in [1.54, 1.807) is 40.7 Å². The Balaban J connectivity index is 2.83. The highest BCUT2D eigenvalue weighted by Gasteiger charge is 2.39. The van der Waals surface area contributed by atoms with E-state index in [1.165, 1.54) is 6.20 Å². The van der Waals surface area contributed by atoms with Crippen molar-refractivity contribution in [2.24, 2.45) is 0 Å². The molecular formula is C11H19BN2O3. The lowest BCUT2D eigenvalue weighted by Gasteiger charge is -2.38. The molecular weight excluding hydrogens is 219 g/mol. The predicted molar refractivity (Wildman–Crippen MR) is 65.8 cm³/mol. The zero-order valence-corrected chi connectivity index (χ0v) is 10.9. The lowest BCUT2D eigenvalue weighted by Crippen LogP contribution is -2.53. The molecule has 0 aliphatic heterocycles. The van der Waals surface area contributed by atoms with Crippen molar-refractivity contribution in [2.45, 2.75) is 45.8 Å². The predicted octanol–water partition coefficient (Wildman–Crippen LogP) is 0.0386. The van der Waals surface area contributed by atoms with Gasteiger partial charge >= 0.3 is 7.12 Å². The van der Waals surface area contributed by atoms with Crippen LogP contribution in [-0.2, 0) is 4.65 Å². The van der Waals surface area contributed by atoms with Crippen LogP contribution in [0.25, 0.3) is 0 Å². The van der Waals surface area contributed by atoms with Crippen molar-refractivity contribution in [1.82, 2.24) is 10.2 Å². The van der Waals surface area contributed by atoms with Gasteiger partial charge in [0.05, 0.1) is 16.9 Å². The molecule has 0 aliphatic carbocycles. The highest BCUT2D eigenvalue weighted by atomic mass is 16.5. The van der Waals surface area contributed by atoms with Crippen molar-refractivity contribution in [3.8, 4) is 0 Å². The second-order valence-electron chi connectivity index (χ2n) is 5.17. The van der Waals surface area contributed by atoms with E-state index in [0.717, 1.165) is 0 Å². The van der Waals surface area contributed by atoms with Crippen molar-refractivity contribution >= 4 is 12.6 Å². The van der Waals surface area contributed by atoms with Gasteiger partial charge < -0.3 is 14.8 Å². The van der Waals surface area contributed by atoms with E-state index in [0.29, 0.717) is 11.2 Å². The summed E-state index contributed by atoms with van der Waals surface area (Å²) in [6.07, 6.45) is 1.44. The van der Waals surface area contributed by atoms with Gasteiger partial charge in [0.1, 0.15) is 0 Å². The summed E-state index contributed by atoms with van der Waals surface area (Å²) in [5.41, 5.74) is -0.728. The average Bonchev–Trinajstić information content (AvgIpc) is 2.15. The first-order chi connectivity index (χ1) is 7.63. The Bertz CT molecular complexity index is 391. The molecule has 1 aromatic rings. The van der Waals surface area contributed by atoms with Gasteiger partial charge in [-0.2, -0.15) is 10.2 Å². The maximum atomic E-state index is 9.94. The molecule has 0 spiro atoms. The molecule has 0 fully saturated rings. The van der Waals surface area contributed by atoms with Gasteiger partial charge in [-0.1, -0.05) is 0 Å². The number of aryl methyl sites for hydroxylation is 1. The normalized spacial score (nSPS) is 12.6. The van der Waals surface area contributed by atoms with Crippen LogP contribution < -0.4 is 5.46 Å². The Labute approximate surface area is 102 Å². The third-order valence-corrected chi connectivity index (χ3v) is 2.96. The Kier molecular flexibility index (Phi) is 3.91. The van der Waals surface area contributed by atoms with Crippen LogP contribution in [-0.4, -0.2) is 38.6 Å². The summed E-state index contributed by atoms with van der Waals surface area (Å²) < 4.78 is 5.48. The zero-order chi connectivity index (χ0) is 13.3. The SMILES string of the molecule is Cc1cc(B(O)OC(C)(C)C(C)(C)O)cnn1. The molecule has 0 bridgehead atoms. The lowest BCUT2D eigenvalue weighted by molar-refractivity contribution is -0.0982. The van der Waals surface area contributed by atoms with Gasteiger partial charge in [-0.3, -0.25) is 0 Å². The van der Waals surface area contributed by atoms with Gasteiger partial charge in [0.15, 0.2) is 0 Å². The summed E-state index contributed by atoms with van der Waals surface area (Å²) in [6, 6.07) is 1.69. The second kappa shape index (κ2) is 4.72. The fourth-order valence-corrected chi connectivity index (χ4v) is 1.12. The Morgan fingerprint density at radius 2 is 1.88 bits per heavy atom. The van der Waals surface area contributed by atoms with Crippen LogP contribution in [0.4, 0.5) is 0 Å². The van der Waals surface area contributed by atoms with Gasteiger partial charge in [0, 0.05) is 11.7 Å². The molecule has 0 unspecified atom stereocenters. The van der Waals surface area contributed by atoms with E-state index in [1.807, 2.05) is 0 Å². The first-order valence-electron chi connectivity index (χ1n) is 5.51. The highest BCUT2D eigenvalue weighted by Crippen LogP contribution is 2.25. The smallest absolute Gasteiger partial charge is 0.423 e. The van der Waals surface area contributed by atoms with E-state index in [2.05, 4.69) is 10.2 Å². The minimum atomic E-state index is -1.13. The summed E-state index contributed by atoms with van der Waals surface area (Å²) in [5, 5.41) is 27.4. The highest BCUT2D eigenvalue weighted by molar-refractivity contribution is 6.60. The average molecular weight is 238 g/mol. The van der Waals surface area contributed by atoms with Crippen LogP contribution in [0.1, 0.15) is 33.4 Å². The first kappa shape index (κ1) is 14.1. The minimum absolute atomic E-state index is 0.523. The Morgan fingerprint density at radius 3 is 2.35 bits per heavy atom. The molecule has 5 nitrogen and oxygen atoms in total. The number of aliphatic hydroxyl groups is 1. The monoisotopic (exact) mass is 238 g/mol. The van der Waals surface area contributed by atoms with Crippen molar-refractivity contribution in [2.75, 3.05) is 0 Å². The second-order valence-corrected chi connectivity index (χ2v) is 5.17. The first-order valence-corrected chi connectivity index (χ1v) is 5.51. The van der Waals surface area contributed by atoms with Crippen LogP contribution in [0.3, 0.4) is 0 Å². The van der Waals surface area contributed by atoms with Crippen LogP contribution >= 0.6 is 0 Å². The Morgan fingerprint density at radius 1 is 1.29 bits per heavy atom. The topological polar surface area (TPSA) is 75.5 Å². The van der Waals surface area contributed by atoms with Crippen molar-refractivity contribution in [3.05, 3.63) is 18.0 Å². The summed E-state index contributed by atoms with van der Waals surface area (Å²) in [4.78, 5) is 0. The molecule has 0 saturated carbocycles. The summed E-state index contributed by atoms with van der Waals surface area (Å²) in [6.45, 7) is 8.49. The molecule has 1 aromatic heterocycles. The molecule has 0 radical (unpaired) electrons. The maximum absolute atomic E-state index is 9.94. The molecule has 94 valence electrons. The van der Waals surface area contributed by atoms with Crippen LogP contribution in [0, 0.1) is 6.92 Å². The van der Waals surface area contributed by atoms with Gasteiger partial charge in [-0.15, -0.1) is 0 Å². The molecule has 0 saturated heterocycles. The van der Waals surface area contributed by atoms with Crippen LogP contribution in [0.2, 0.25) is 0 Å². The zero-order valence-electron chi connectivity index (χ0n) is 10.9. The molecule has 17 heavy (non-hydrogen) atoms. The molecule has 0 atom stereocenters. The van der Waals surface area contributed by atoms with Crippen molar-refractivity contribution in [3.63, 3.8) is 0 Å². The molecule has 2 N–H and O–H groups in total. The van der Waals surface area contributed by atoms with Gasteiger partial charge in [0.25, 0.3) is 0 Å². The number of hydrogen-bond acceptors (Lipinski definition) is 5. The summed E-state index contributed by atoms with van der Waals surface area (Å²) in [7, 11) is -1.13. The largest absolute Gasteiger partial charge is 0.493 e.